The zero-order valence-electron chi connectivity index (χ0n) is 14.3. The SMILES string of the molecule is O=C(O)c1ccc(N2CCCN(C(=O)c3cccc(F)c3C(F)(F)F)C2)nn1. The Morgan fingerprint density at radius 3 is 2.43 bits per heavy atom. The average molecular weight is 398 g/mol. The van der Waals surface area contributed by atoms with Crippen molar-refractivity contribution in [3.8, 4) is 0 Å². The molecular formula is C17H14F4N4O3. The number of halogens is 4. The standard InChI is InChI=1S/C17H14F4N4O3/c18-11-4-1-3-10(14(11)17(19,20)21)15(26)25-8-2-7-24(9-25)13-6-5-12(16(27)28)22-23-13/h1,3-6H,2,7-9H2,(H,27,28). The molecule has 7 nitrogen and oxygen atoms in total. The van der Waals surface area contributed by atoms with E-state index in [2.05, 4.69) is 10.2 Å². The number of aromatic carboxylic acids is 1. The Labute approximate surface area is 156 Å². The number of carboxylic acids is 1. The molecule has 0 unspecified atom stereocenters. The van der Waals surface area contributed by atoms with Crippen molar-refractivity contribution < 1.29 is 32.3 Å². The highest BCUT2D eigenvalue weighted by atomic mass is 19.4. The Morgan fingerprint density at radius 2 is 1.82 bits per heavy atom. The molecule has 11 heteroatoms. The van der Waals surface area contributed by atoms with Crippen LogP contribution in [-0.4, -0.2) is 51.8 Å². The fraction of sp³-hybridized carbons (Fsp3) is 0.294. The van der Waals surface area contributed by atoms with Crippen molar-refractivity contribution in [3.63, 3.8) is 0 Å². The number of amides is 1. The van der Waals surface area contributed by atoms with Crippen molar-refractivity contribution in [3.05, 3.63) is 53.0 Å². The Kier molecular flexibility index (Phi) is 5.16. The average Bonchev–Trinajstić information content (AvgIpc) is 2.66. The first-order valence-corrected chi connectivity index (χ1v) is 8.15. The summed E-state index contributed by atoms with van der Waals surface area (Å²) in [7, 11) is 0. The van der Waals surface area contributed by atoms with Gasteiger partial charge in [0.25, 0.3) is 5.91 Å². The number of aromatic nitrogens is 2. The van der Waals surface area contributed by atoms with Crippen LogP contribution in [-0.2, 0) is 6.18 Å². The number of carbonyl (C=O) groups excluding carboxylic acids is 1. The van der Waals surface area contributed by atoms with Crippen molar-refractivity contribution in [1.29, 1.82) is 0 Å². The summed E-state index contributed by atoms with van der Waals surface area (Å²) >= 11 is 0. The lowest BCUT2D eigenvalue weighted by molar-refractivity contribution is -0.140. The van der Waals surface area contributed by atoms with Crippen LogP contribution >= 0.6 is 0 Å². The molecule has 1 aromatic carbocycles. The molecule has 0 aliphatic carbocycles. The fourth-order valence-electron chi connectivity index (χ4n) is 2.92. The Hall–Kier alpha value is -3.24. The molecule has 0 bridgehead atoms. The molecule has 1 amide bonds. The topological polar surface area (TPSA) is 86.6 Å². The van der Waals surface area contributed by atoms with Gasteiger partial charge in [0.15, 0.2) is 11.5 Å². The normalized spacial score (nSPS) is 14.9. The van der Waals surface area contributed by atoms with Crippen LogP contribution in [0, 0.1) is 5.82 Å². The van der Waals surface area contributed by atoms with Gasteiger partial charge < -0.3 is 14.9 Å². The molecule has 0 radical (unpaired) electrons. The van der Waals surface area contributed by atoms with Crippen LogP contribution in [0.2, 0.25) is 0 Å². The summed E-state index contributed by atoms with van der Waals surface area (Å²) in [6.07, 6.45) is -4.57. The van der Waals surface area contributed by atoms with Crippen molar-refractivity contribution in [2.24, 2.45) is 0 Å². The molecule has 2 aromatic rings. The third-order valence-electron chi connectivity index (χ3n) is 4.21. The van der Waals surface area contributed by atoms with Crippen molar-refractivity contribution in [2.45, 2.75) is 12.6 Å². The van der Waals surface area contributed by atoms with Gasteiger partial charge in [0.1, 0.15) is 11.4 Å². The lowest BCUT2D eigenvalue weighted by Gasteiger charge is -2.36. The quantitative estimate of drug-likeness (QED) is 0.800. The van der Waals surface area contributed by atoms with Gasteiger partial charge in [0.2, 0.25) is 0 Å². The van der Waals surface area contributed by atoms with Gasteiger partial charge in [0, 0.05) is 13.1 Å². The van der Waals surface area contributed by atoms with Gasteiger partial charge in [-0.2, -0.15) is 13.2 Å². The second kappa shape index (κ2) is 7.41. The van der Waals surface area contributed by atoms with Crippen LogP contribution in [0.4, 0.5) is 23.4 Å². The number of carbonyl (C=O) groups is 2. The highest BCUT2D eigenvalue weighted by Crippen LogP contribution is 2.34. The van der Waals surface area contributed by atoms with E-state index in [0.717, 1.165) is 17.0 Å². The summed E-state index contributed by atoms with van der Waals surface area (Å²) in [6.45, 7) is 0.539. The molecule has 1 aliphatic rings. The van der Waals surface area contributed by atoms with E-state index < -0.39 is 35.0 Å². The summed E-state index contributed by atoms with van der Waals surface area (Å²) in [4.78, 5) is 26.2. The summed E-state index contributed by atoms with van der Waals surface area (Å²) in [5.41, 5.74) is -2.62. The smallest absolute Gasteiger partial charge is 0.420 e. The van der Waals surface area contributed by atoms with Crippen LogP contribution in [0.5, 0.6) is 0 Å². The van der Waals surface area contributed by atoms with E-state index in [-0.39, 0.29) is 24.7 Å². The summed E-state index contributed by atoms with van der Waals surface area (Å²) in [6, 6.07) is 5.28. The van der Waals surface area contributed by atoms with Crippen molar-refractivity contribution in [2.75, 3.05) is 24.7 Å². The molecule has 1 aliphatic heterocycles. The predicted octanol–water partition coefficient (Wildman–Crippen LogP) is 2.64. The molecule has 28 heavy (non-hydrogen) atoms. The van der Waals surface area contributed by atoms with Crippen LogP contribution in [0.3, 0.4) is 0 Å². The monoisotopic (exact) mass is 398 g/mol. The minimum Gasteiger partial charge on any atom is -0.476 e. The second-order valence-electron chi connectivity index (χ2n) is 6.07. The molecule has 0 saturated carbocycles. The van der Waals surface area contributed by atoms with Crippen LogP contribution < -0.4 is 4.90 Å². The van der Waals surface area contributed by atoms with E-state index >= 15 is 0 Å². The van der Waals surface area contributed by atoms with Crippen LogP contribution in [0.1, 0.15) is 32.8 Å². The number of nitrogens with zero attached hydrogens (tertiary/aromatic N) is 4. The highest BCUT2D eigenvalue weighted by Gasteiger charge is 2.39. The number of anilines is 1. The zero-order valence-corrected chi connectivity index (χ0v) is 14.3. The van der Waals surface area contributed by atoms with Gasteiger partial charge in [-0.1, -0.05) is 6.07 Å². The number of carboxylic acid groups (broad SMARTS) is 1. The zero-order chi connectivity index (χ0) is 20.5. The molecule has 0 spiro atoms. The lowest BCUT2D eigenvalue weighted by atomic mass is 10.0. The minimum atomic E-state index is -5.01. The summed E-state index contributed by atoms with van der Waals surface area (Å²) in [5, 5.41) is 16.2. The van der Waals surface area contributed by atoms with E-state index in [9.17, 15) is 27.2 Å². The first-order chi connectivity index (χ1) is 13.2. The molecule has 1 N–H and O–H groups in total. The second-order valence-corrected chi connectivity index (χ2v) is 6.07. The molecule has 0 atom stereocenters. The molecule has 148 valence electrons. The number of alkyl halides is 3. The maximum absolute atomic E-state index is 13.8. The van der Waals surface area contributed by atoms with Gasteiger partial charge in [-0.15, -0.1) is 10.2 Å². The first kappa shape index (κ1) is 19.5. The molecule has 1 fully saturated rings. The van der Waals surface area contributed by atoms with Gasteiger partial charge >= 0.3 is 12.1 Å². The van der Waals surface area contributed by atoms with Crippen LogP contribution in [0.15, 0.2) is 30.3 Å². The number of benzene rings is 1. The summed E-state index contributed by atoms with van der Waals surface area (Å²) < 4.78 is 53.3. The van der Waals surface area contributed by atoms with Crippen molar-refractivity contribution >= 4 is 17.7 Å². The number of rotatable bonds is 3. The fourth-order valence-corrected chi connectivity index (χ4v) is 2.92. The third kappa shape index (κ3) is 3.87. The molecule has 2 heterocycles. The maximum Gasteiger partial charge on any atom is 0.420 e. The minimum absolute atomic E-state index is 0.0895. The Bertz CT molecular complexity index is 902. The highest BCUT2D eigenvalue weighted by molar-refractivity contribution is 5.96. The van der Waals surface area contributed by atoms with Gasteiger partial charge in [0.05, 0.1) is 12.2 Å². The van der Waals surface area contributed by atoms with E-state index in [1.165, 1.54) is 12.1 Å². The van der Waals surface area contributed by atoms with E-state index in [1.807, 2.05) is 0 Å². The first-order valence-electron chi connectivity index (χ1n) is 8.15. The van der Waals surface area contributed by atoms with E-state index in [4.69, 9.17) is 5.11 Å². The van der Waals surface area contributed by atoms with Crippen molar-refractivity contribution in [1.82, 2.24) is 15.1 Å². The molecule has 3 rings (SSSR count). The number of hydrogen-bond donors (Lipinski definition) is 1. The van der Waals surface area contributed by atoms with Gasteiger partial charge in [-0.05, 0) is 30.7 Å². The molecule has 1 saturated heterocycles. The number of hydrogen-bond acceptors (Lipinski definition) is 5. The Morgan fingerprint density at radius 1 is 1.07 bits per heavy atom. The van der Waals surface area contributed by atoms with Gasteiger partial charge in [-0.3, -0.25) is 4.79 Å². The third-order valence-corrected chi connectivity index (χ3v) is 4.21. The lowest BCUT2D eigenvalue weighted by Crippen LogP contribution is -2.48. The Balaban J connectivity index is 1.84. The summed E-state index contributed by atoms with van der Waals surface area (Å²) in [5.74, 6) is -3.44. The predicted molar refractivity (Wildman–Crippen MR) is 88.3 cm³/mol. The molecule has 1 aromatic heterocycles. The van der Waals surface area contributed by atoms with Gasteiger partial charge in [-0.25, -0.2) is 9.18 Å². The van der Waals surface area contributed by atoms with Crippen LogP contribution in [0.25, 0.3) is 0 Å². The van der Waals surface area contributed by atoms with E-state index in [0.29, 0.717) is 19.0 Å². The molecular weight excluding hydrogens is 384 g/mol. The van der Waals surface area contributed by atoms with E-state index in [1.54, 1.807) is 4.90 Å². The maximum atomic E-state index is 13.8. The largest absolute Gasteiger partial charge is 0.476 e.